The summed E-state index contributed by atoms with van der Waals surface area (Å²) in [7, 11) is 0. The van der Waals surface area contributed by atoms with Gasteiger partial charge in [0.2, 0.25) is 5.91 Å². The zero-order valence-corrected chi connectivity index (χ0v) is 10.7. The molecule has 3 nitrogen and oxygen atoms in total. The van der Waals surface area contributed by atoms with E-state index in [0.29, 0.717) is 5.92 Å². The standard InChI is InChI=1S/C13H26N2O/c1-3-5-7-11(4-2)10-15-13(16)12-8-6-9-14-12/h11-12,14H,3-10H2,1-2H3,(H,15,16)/t11?,12-/m0/s1. The summed E-state index contributed by atoms with van der Waals surface area (Å²) in [6.07, 6.45) is 7.05. The van der Waals surface area contributed by atoms with E-state index in [2.05, 4.69) is 24.5 Å². The minimum absolute atomic E-state index is 0.0729. The summed E-state index contributed by atoms with van der Waals surface area (Å²) in [5.74, 6) is 0.859. The predicted octanol–water partition coefficient (Wildman–Crippen LogP) is 2.07. The second kappa shape index (κ2) is 7.66. The van der Waals surface area contributed by atoms with Crippen molar-refractivity contribution in [2.45, 2.75) is 58.4 Å². The van der Waals surface area contributed by atoms with Gasteiger partial charge in [0, 0.05) is 6.54 Å². The average Bonchev–Trinajstić information content (AvgIpc) is 2.82. The van der Waals surface area contributed by atoms with Crippen LogP contribution in [-0.2, 0) is 4.79 Å². The third kappa shape index (κ3) is 4.52. The molecule has 0 aliphatic carbocycles. The van der Waals surface area contributed by atoms with Crippen LogP contribution < -0.4 is 10.6 Å². The minimum Gasteiger partial charge on any atom is -0.354 e. The second-order valence-electron chi connectivity index (χ2n) is 4.81. The van der Waals surface area contributed by atoms with Crippen molar-refractivity contribution in [2.75, 3.05) is 13.1 Å². The van der Waals surface area contributed by atoms with Crippen LogP contribution in [0.3, 0.4) is 0 Å². The van der Waals surface area contributed by atoms with Crippen molar-refractivity contribution in [3.8, 4) is 0 Å². The maximum Gasteiger partial charge on any atom is 0.237 e. The highest BCUT2D eigenvalue weighted by Gasteiger charge is 2.21. The van der Waals surface area contributed by atoms with Crippen molar-refractivity contribution in [1.29, 1.82) is 0 Å². The highest BCUT2D eigenvalue weighted by atomic mass is 16.2. The molecule has 1 aliphatic rings. The number of carbonyl (C=O) groups is 1. The summed E-state index contributed by atoms with van der Waals surface area (Å²) < 4.78 is 0. The van der Waals surface area contributed by atoms with Crippen LogP contribution in [-0.4, -0.2) is 25.0 Å². The molecule has 0 spiro atoms. The smallest absolute Gasteiger partial charge is 0.237 e. The van der Waals surface area contributed by atoms with Gasteiger partial charge < -0.3 is 10.6 Å². The highest BCUT2D eigenvalue weighted by Crippen LogP contribution is 2.11. The zero-order chi connectivity index (χ0) is 11.8. The quantitative estimate of drug-likeness (QED) is 0.698. The van der Waals surface area contributed by atoms with Crippen molar-refractivity contribution >= 4 is 5.91 Å². The first-order valence-electron chi connectivity index (χ1n) is 6.79. The number of hydrogen-bond donors (Lipinski definition) is 2. The van der Waals surface area contributed by atoms with E-state index in [4.69, 9.17) is 0 Å². The van der Waals surface area contributed by atoms with Gasteiger partial charge in [0.05, 0.1) is 6.04 Å². The highest BCUT2D eigenvalue weighted by molar-refractivity contribution is 5.81. The molecule has 94 valence electrons. The fraction of sp³-hybridized carbons (Fsp3) is 0.923. The second-order valence-corrected chi connectivity index (χ2v) is 4.81. The third-order valence-electron chi connectivity index (χ3n) is 3.49. The summed E-state index contributed by atoms with van der Waals surface area (Å²) >= 11 is 0. The summed E-state index contributed by atoms with van der Waals surface area (Å²) in [6.45, 7) is 6.27. The number of nitrogens with one attached hydrogen (secondary N) is 2. The van der Waals surface area contributed by atoms with Gasteiger partial charge in [-0.15, -0.1) is 0 Å². The summed E-state index contributed by atoms with van der Waals surface area (Å²) in [6, 6.07) is 0.0729. The van der Waals surface area contributed by atoms with E-state index in [-0.39, 0.29) is 11.9 Å². The molecule has 0 aromatic rings. The van der Waals surface area contributed by atoms with E-state index in [1.54, 1.807) is 0 Å². The number of amides is 1. The Morgan fingerprint density at radius 2 is 2.31 bits per heavy atom. The van der Waals surface area contributed by atoms with Gasteiger partial charge >= 0.3 is 0 Å². The molecular weight excluding hydrogens is 200 g/mol. The van der Waals surface area contributed by atoms with Crippen LogP contribution in [0.1, 0.15) is 52.4 Å². The largest absolute Gasteiger partial charge is 0.354 e. The number of unbranched alkanes of at least 4 members (excludes halogenated alkanes) is 1. The van der Waals surface area contributed by atoms with Gasteiger partial charge in [-0.25, -0.2) is 0 Å². The molecule has 1 fully saturated rings. The Hall–Kier alpha value is -0.570. The van der Waals surface area contributed by atoms with E-state index in [0.717, 1.165) is 25.9 Å². The normalized spacial score (nSPS) is 22.0. The molecule has 2 N–H and O–H groups in total. The molecule has 1 unspecified atom stereocenters. The van der Waals surface area contributed by atoms with Gasteiger partial charge in [-0.3, -0.25) is 4.79 Å². The fourth-order valence-electron chi connectivity index (χ4n) is 2.22. The van der Waals surface area contributed by atoms with E-state index < -0.39 is 0 Å². The number of hydrogen-bond acceptors (Lipinski definition) is 2. The fourth-order valence-corrected chi connectivity index (χ4v) is 2.22. The average molecular weight is 226 g/mol. The number of rotatable bonds is 7. The lowest BCUT2D eigenvalue weighted by Gasteiger charge is -2.17. The molecule has 16 heavy (non-hydrogen) atoms. The van der Waals surface area contributed by atoms with Crippen LogP contribution in [0.25, 0.3) is 0 Å². The summed E-state index contributed by atoms with van der Waals surface area (Å²) in [5, 5.41) is 6.31. The maximum atomic E-state index is 11.8. The van der Waals surface area contributed by atoms with Gasteiger partial charge in [-0.2, -0.15) is 0 Å². The Morgan fingerprint density at radius 3 is 2.88 bits per heavy atom. The lowest BCUT2D eigenvalue weighted by atomic mass is 9.99. The molecule has 3 heteroatoms. The minimum atomic E-state index is 0.0729. The first-order valence-corrected chi connectivity index (χ1v) is 6.79. The lowest BCUT2D eigenvalue weighted by molar-refractivity contribution is -0.123. The van der Waals surface area contributed by atoms with E-state index in [9.17, 15) is 4.79 Å². The molecule has 1 rings (SSSR count). The van der Waals surface area contributed by atoms with Crippen LogP contribution in [0.15, 0.2) is 0 Å². The summed E-state index contributed by atoms with van der Waals surface area (Å²) in [4.78, 5) is 11.8. The van der Waals surface area contributed by atoms with Crippen molar-refractivity contribution in [1.82, 2.24) is 10.6 Å². The van der Waals surface area contributed by atoms with Crippen LogP contribution in [0.4, 0.5) is 0 Å². The van der Waals surface area contributed by atoms with Crippen LogP contribution in [0, 0.1) is 5.92 Å². The SMILES string of the molecule is CCCCC(CC)CNC(=O)[C@@H]1CCCN1. The molecule has 0 saturated carbocycles. The lowest BCUT2D eigenvalue weighted by Crippen LogP contribution is -2.42. The molecule has 2 atom stereocenters. The van der Waals surface area contributed by atoms with Crippen LogP contribution in [0.2, 0.25) is 0 Å². The Balaban J connectivity index is 2.17. The summed E-state index contributed by atoms with van der Waals surface area (Å²) in [5.41, 5.74) is 0. The molecule has 1 amide bonds. The van der Waals surface area contributed by atoms with Gasteiger partial charge in [-0.1, -0.05) is 33.1 Å². The Labute approximate surface area is 99.4 Å². The predicted molar refractivity (Wildman–Crippen MR) is 67.3 cm³/mol. The number of carbonyl (C=O) groups excluding carboxylic acids is 1. The van der Waals surface area contributed by atoms with Crippen molar-refractivity contribution < 1.29 is 4.79 Å². The van der Waals surface area contributed by atoms with Crippen molar-refractivity contribution in [2.24, 2.45) is 5.92 Å². The van der Waals surface area contributed by atoms with Gasteiger partial charge in [0.15, 0.2) is 0 Å². The Bertz CT molecular complexity index is 200. The van der Waals surface area contributed by atoms with Crippen molar-refractivity contribution in [3.05, 3.63) is 0 Å². The van der Waals surface area contributed by atoms with Gasteiger partial charge in [0.1, 0.15) is 0 Å². The molecule has 1 saturated heterocycles. The van der Waals surface area contributed by atoms with Crippen molar-refractivity contribution in [3.63, 3.8) is 0 Å². The zero-order valence-electron chi connectivity index (χ0n) is 10.7. The van der Waals surface area contributed by atoms with E-state index >= 15 is 0 Å². The molecule has 1 aliphatic heterocycles. The van der Waals surface area contributed by atoms with Crippen LogP contribution >= 0.6 is 0 Å². The van der Waals surface area contributed by atoms with Crippen LogP contribution in [0.5, 0.6) is 0 Å². The Morgan fingerprint density at radius 1 is 1.50 bits per heavy atom. The molecule has 0 bridgehead atoms. The van der Waals surface area contributed by atoms with Gasteiger partial charge in [-0.05, 0) is 31.7 Å². The third-order valence-corrected chi connectivity index (χ3v) is 3.49. The topological polar surface area (TPSA) is 41.1 Å². The maximum absolute atomic E-state index is 11.8. The molecule has 0 aromatic carbocycles. The van der Waals surface area contributed by atoms with E-state index in [1.807, 2.05) is 0 Å². The molecule has 0 aromatic heterocycles. The molecule has 1 heterocycles. The monoisotopic (exact) mass is 226 g/mol. The Kier molecular flexibility index (Phi) is 6.46. The molecule has 0 radical (unpaired) electrons. The molecular formula is C13H26N2O. The first-order chi connectivity index (χ1) is 7.77. The van der Waals surface area contributed by atoms with Gasteiger partial charge in [0.25, 0.3) is 0 Å². The van der Waals surface area contributed by atoms with E-state index in [1.165, 1.54) is 25.7 Å². The first kappa shape index (κ1) is 13.5.